The molecule has 0 saturated heterocycles. The van der Waals surface area contributed by atoms with Crippen LogP contribution in [-0.2, 0) is 16.1 Å². The van der Waals surface area contributed by atoms with Crippen molar-refractivity contribution in [3.63, 3.8) is 0 Å². The molecule has 3 aromatic rings. The Hall–Kier alpha value is -3.80. The highest BCUT2D eigenvalue weighted by Crippen LogP contribution is 2.32. The third kappa shape index (κ3) is 3.59. The van der Waals surface area contributed by atoms with Crippen LogP contribution in [0.2, 0.25) is 0 Å². The van der Waals surface area contributed by atoms with E-state index in [0.29, 0.717) is 11.3 Å². The summed E-state index contributed by atoms with van der Waals surface area (Å²) in [7, 11) is 0. The Morgan fingerprint density at radius 2 is 1.50 bits per heavy atom. The number of anilines is 1. The quantitative estimate of drug-likeness (QED) is 0.629. The predicted octanol–water partition coefficient (Wildman–Crippen LogP) is 4.67. The first-order valence-corrected chi connectivity index (χ1v) is 9.38. The van der Waals surface area contributed by atoms with E-state index in [1.807, 2.05) is 25.1 Å². The third-order valence-corrected chi connectivity index (χ3v) is 4.99. The van der Waals surface area contributed by atoms with Gasteiger partial charge in [-0.3, -0.25) is 14.5 Å². The molecule has 0 aliphatic carbocycles. The van der Waals surface area contributed by atoms with E-state index >= 15 is 0 Å². The van der Waals surface area contributed by atoms with Gasteiger partial charge in [-0.2, -0.15) is 0 Å². The maximum absolute atomic E-state index is 14.1. The first-order valence-electron chi connectivity index (χ1n) is 9.38. The van der Waals surface area contributed by atoms with Crippen LogP contribution in [0.15, 0.2) is 78.5 Å². The zero-order chi connectivity index (χ0) is 21.3. The van der Waals surface area contributed by atoms with Crippen LogP contribution in [0.3, 0.4) is 0 Å². The maximum atomic E-state index is 14.1. The van der Waals surface area contributed by atoms with Crippen LogP contribution in [-0.4, -0.2) is 16.7 Å². The van der Waals surface area contributed by atoms with E-state index in [1.54, 1.807) is 18.2 Å². The second-order valence-electron chi connectivity index (χ2n) is 6.98. The van der Waals surface area contributed by atoms with E-state index in [9.17, 15) is 18.4 Å². The molecule has 0 radical (unpaired) electrons. The Labute approximate surface area is 172 Å². The van der Waals surface area contributed by atoms with Gasteiger partial charge in [0.15, 0.2) is 0 Å². The van der Waals surface area contributed by atoms with Crippen LogP contribution in [0.4, 0.5) is 14.5 Å². The number of para-hydroxylation sites is 1. The van der Waals surface area contributed by atoms with Gasteiger partial charge in [0.25, 0.3) is 11.8 Å². The summed E-state index contributed by atoms with van der Waals surface area (Å²) in [5, 5.41) is 3.06. The average molecular weight is 404 g/mol. The molecule has 0 saturated carbocycles. The van der Waals surface area contributed by atoms with Crippen molar-refractivity contribution in [3.05, 3.63) is 107 Å². The summed E-state index contributed by atoms with van der Waals surface area (Å²) < 4.78 is 27.6. The van der Waals surface area contributed by atoms with Crippen molar-refractivity contribution in [1.82, 2.24) is 4.90 Å². The SMILES string of the molecule is Cc1ccccc1NC1=C(c2ccc(F)cc2)C(=O)N(Cc2ccccc2F)C1=O. The van der Waals surface area contributed by atoms with Crippen molar-refractivity contribution in [1.29, 1.82) is 0 Å². The topological polar surface area (TPSA) is 49.4 Å². The van der Waals surface area contributed by atoms with Crippen molar-refractivity contribution in [2.75, 3.05) is 5.32 Å². The highest BCUT2D eigenvalue weighted by Gasteiger charge is 2.39. The van der Waals surface area contributed by atoms with Crippen LogP contribution < -0.4 is 5.32 Å². The van der Waals surface area contributed by atoms with E-state index in [-0.39, 0.29) is 23.4 Å². The number of rotatable bonds is 5. The summed E-state index contributed by atoms with van der Waals surface area (Å²) in [6.45, 7) is 1.67. The molecule has 0 bridgehead atoms. The van der Waals surface area contributed by atoms with Crippen LogP contribution >= 0.6 is 0 Å². The van der Waals surface area contributed by atoms with Gasteiger partial charge in [0, 0.05) is 11.3 Å². The van der Waals surface area contributed by atoms with Gasteiger partial charge in [0.2, 0.25) is 0 Å². The number of benzene rings is 3. The number of halogens is 2. The monoisotopic (exact) mass is 404 g/mol. The Morgan fingerprint density at radius 1 is 0.833 bits per heavy atom. The molecule has 6 heteroatoms. The lowest BCUT2D eigenvalue weighted by molar-refractivity contribution is -0.137. The number of imide groups is 1. The molecule has 0 fully saturated rings. The van der Waals surface area contributed by atoms with Gasteiger partial charge in [-0.15, -0.1) is 0 Å². The molecular formula is C24H18F2N2O2. The number of nitrogens with zero attached hydrogens (tertiary/aromatic N) is 1. The van der Waals surface area contributed by atoms with Crippen molar-refractivity contribution in [2.24, 2.45) is 0 Å². The normalized spacial score (nSPS) is 13.9. The van der Waals surface area contributed by atoms with E-state index in [1.165, 1.54) is 36.4 Å². The van der Waals surface area contributed by atoms with E-state index in [4.69, 9.17) is 0 Å². The molecule has 1 aliphatic heterocycles. The molecule has 2 amide bonds. The van der Waals surface area contributed by atoms with Gasteiger partial charge >= 0.3 is 0 Å². The zero-order valence-corrected chi connectivity index (χ0v) is 16.2. The van der Waals surface area contributed by atoms with Gasteiger partial charge in [-0.25, -0.2) is 8.78 Å². The minimum atomic E-state index is -0.564. The average Bonchev–Trinajstić information content (AvgIpc) is 2.96. The number of nitrogens with one attached hydrogen (secondary N) is 1. The molecule has 3 aromatic carbocycles. The lowest BCUT2D eigenvalue weighted by atomic mass is 10.0. The molecule has 30 heavy (non-hydrogen) atoms. The van der Waals surface area contributed by atoms with Gasteiger partial charge < -0.3 is 5.32 Å². The molecule has 0 unspecified atom stereocenters. The number of carbonyl (C=O) groups is 2. The molecule has 1 aliphatic rings. The fourth-order valence-electron chi connectivity index (χ4n) is 3.36. The van der Waals surface area contributed by atoms with Crippen molar-refractivity contribution in [2.45, 2.75) is 13.5 Å². The molecule has 0 atom stereocenters. The van der Waals surface area contributed by atoms with Gasteiger partial charge in [0.05, 0.1) is 12.1 Å². The van der Waals surface area contributed by atoms with Gasteiger partial charge in [0.1, 0.15) is 17.3 Å². The van der Waals surface area contributed by atoms with Gasteiger partial charge in [-0.1, -0.05) is 48.5 Å². The third-order valence-electron chi connectivity index (χ3n) is 4.99. The number of amides is 2. The summed E-state index contributed by atoms with van der Waals surface area (Å²) in [5.74, 6) is -2.08. The molecule has 150 valence electrons. The molecule has 0 aromatic heterocycles. The summed E-state index contributed by atoms with van der Waals surface area (Å²) in [4.78, 5) is 27.4. The number of aryl methyl sites for hydroxylation is 1. The summed E-state index contributed by atoms with van der Waals surface area (Å²) >= 11 is 0. The summed E-state index contributed by atoms with van der Waals surface area (Å²) in [6.07, 6.45) is 0. The second kappa shape index (κ2) is 7.91. The minimum Gasteiger partial charge on any atom is -0.350 e. The highest BCUT2D eigenvalue weighted by atomic mass is 19.1. The summed E-state index contributed by atoms with van der Waals surface area (Å²) in [5.41, 5.74) is 2.39. The number of carbonyl (C=O) groups excluding carboxylic acids is 2. The predicted molar refractivity (Wildman–Crippen MR) is 110 cm³/mol. The smallest absolute Gasteiger partial charge is 0.278 e. The molecule has 4 nitrogen and oxygen atoms in total. The molecule has 1 heterocycles. The van der Waals surface area contributed by atoms with Crippen molar-refractivity contribution >= 4 is 23.1 Å². The fourth-order valence-corrected chi connectivity index (χ4v) is 3.36. The van der Waals surface area contributed by atoms with Crippen LogP contribution in [0.25, 0.3) is 5.57 Å². The first-order chi connectivity index (χ1) is 14.5. The van der Waals surface area contributed by atoms with Crippen molar-refractivity contribution < 1.29 is 18.4 Å². The second-order valence-corrected chi connectivity index (χ2v) is 6.98. The molecular weight excluding hydrogens is 386 g/mol. The minimum absolute atomic E-state index is 0.0808. The Bertz CT molecular complexity index is 1170. The maximum Gasteiger partial charge on any atom is 0.278 e. The standard InChI is InChI=1S/C24H18F2N2O2/c1-15-6-2-5-9-20(15)27-22-21(16-10-12-18(25)13-11-16)23(29)28(24(22)30)14-17-7-3-4-8-19(17)26/h2-13,27H,14H2,1H3. The van der Waals surface area contributed by atoms with E-state index < -0.39 is 23.4 Å². The summed E-state index contributed by atoms with van der Waals surface area (Å²) in [6, 6.07) is 18.7. The van der Waals surface area contributed by atoms with E-state index in [0.717, 1.165) is 10.5 Å². The first kappa shape index (κ1) is 19.5. The lowest BCUT2D eigenvalue weighted by Crippen LogP contribution is -2.32. The molecule has 1 N–H and O–H groups in total. The number of hydrogen-bond donors (Lipinski definition) is 1. The Balaban J connectivity index is 1.77. The lowest BCUT2D eigenvalue weighted by Gasteiger charge is -2.16. The van der Waals surface area contributed by atoms with Crippen molar-refractivity contribution in [3.8, 4) is 0 Å². The highest BCUT2D eigenvalue weighted by molar-refractivity contribution is 6.36. The van der Waals surface area contributed by atoms with Crippen LogP contribution in [0.1, 0.15) is 16.7 Å². The van der Waals surface area contributed by atoms with E-state index in [2.05, 4.69) is 5.32 Å². The molecule has 0 spiro atoms. The number of hydrogen-bond acceptors (Lipinski definition) is 3. The van der Waals surface area contributed by atoms with Crippen LogP contribution in [0, 0.1) is 18.6 Å². The Kier molecular flexibility index (Phi) is 5.14. The molecule has 4 rings (SSSR count). The Morgan fingerprint density at radius 3 is 2.20 bits per heavy atom. The zero-order valence-electron chi connectivity index (χ0n) is 16.2. The largest absolute Gasteiger partial charge is 0.350 e. The van der Waals surface area contributed by atoms with Gasteiger partial charge in [-0.05, 0) is 42.3 Å². The fraction of sp³-hybridized carbons (Fsp3) is 0.0833. The van der Waals surface area contributed by atoms with Crippen LogP contribution in [0.5, 0.6) is 0 Å².